The Hall–Kier alpha value is -2.92. The number of carbonyl (C=O) groups is 1. The first-order valence-corrected chi connectivity index (χ1v) is 8.98. The van der Waals surface area contributed by atoms with Gasteiger partial charge in [0.15, 0.2) is 0 Å². The molecule has 1 heterocycles. The van der Waals surface area contributed by atoms with Gasteiger partial charge < -0.3 is 10.2 Å². The highest BCUT2D eigenvalue weighted by atomic mass is 35.5. The van der Waals surface area contributed by atoms with Crippen molar-refractivity contribution in [3.05, 3.63) is 82.3 Å². The third kappa shape index (κ3) is 4.83. The Morgan fingerprint density at radius 3 is 2.56 bits per heavy atom. The summed E-state index contributed by atoms with van der Waals surface area (Å²) in [5.74, 6) is 0.944. The summed E-state index contributed by atoms with van der Waals surface area (Å²) in [7, 11) is 1.94. The summed E-state index contributed by atoms with van der Waals surface area (Å²) in [6.07, 6.45) is 0. The van der Waals surface area contributed by atoms with Gasteiger partial charge in [-0.05, 0) is 37.1 Å². The fourth-order valence-electron chi connectivity index (χ4n) is 2.72. The van der Waals surface area contributed by atoms with Crippen LogP contribution in [0.25, 0.3) is 0 Å². The molecule has 0 radical (unpaired) electrons. The molecule has 1 aromatic heterocycles. The van der Waals surface area contributed by atoms with Gasteiger partial charge in [-0.15, -0.1) is 0 Å². The average Bonchev–Trinajstić information content (AvgIpc) is 2.65. The minimum Gasteiger partial charge on any atom is -0.355 e. The molecule has 0 saturated heterocycles. The van der Waals surface area contributed by atoms with Crippen molar-refractivity contribution in [2.75, 3.05) is 17.3 Å². The van der Waals surface area contributed by atoms with Crippen LogP contribution in [-0.2, 0) is 6.54 Å². The normalized spacial score (nSPS) is 10.5. The highest BCUT2D eigenvalue weighted by Gasteiger charge is 2.14. The second-order valence-electron chi connectivity index (χ2n) is 6.41. The van der Waals surface area contributed by atoms with Crippen LogP contribution in [0.1, 0.15) is 27.4 Å². The second-order valence-corrected chi connectivity index (χ2v) is 6.85. The van der Waals surface area contributed by atoms with E-state index in [1.54, 1.807) is 25.1 Å². The third-order valence-electron chi connectivity index (χ3n) is 4.16. The zero-order valence-corrected chi connectivity index (χ0v) is 16.3. The van der Waals surface area contributed by atoms with Gasteiger partial charge in [-0.25, -0.2) is 9.97 Å². The van der Waals surface area contributed by atoms with Crippen molar-refractivity contribution in [1.82, 2.24) is 9.97 Å². The number of aryl methyl sites for hydroxylation is 2. The van der Waals surface area contributed by atoms with Gasteiger partial charge in [0.1, 0.15) is 17.3 Å². The molecule has 6 heteroatoms. The largest absolute Gasteiger partial charge is 0.355 e. The summed E-state index contributed by atoms with van der Waals surface area (Å²) in [5, 5.41) is 3.45. The lowest BCUT2D eigenvalue weighted by atomic mass is 10.2. The summed E-state index contributed by atoms with van der Waals surface area (Å²) >= 11 is 6.03. The van der Waals surface area contributed by atoms with Gasteiger partial charge in [-0.2, -0.15) is 0 Å². The van der Waals surface area contributed by atoms with E-state index < -0.39 is 0 Å². The minimum atomic E-state index is -0.291. The van der Waals surface area contributed by atoms with E-state index in [1.165, 1.54) is 0 Å². The van der Waals surface area contributed by atoms with E-state index in [1.807, 2.05) is 43.1 Å². The van der Waals surface area contributed by atoms with E-state index in [2.05, 4.69) is 27.4 Å². The van der Waals surface area contributed by atoms with Crippen molar-refractivity contribution < 1.29 is 4.79 Å². The molecule has 0 bridgehead atoms. The maximum Gasteiger partial charge on any atom is 0.274 e. The van der Waals surface area contributed by atoms with Crippen molar-refractivity contribution in [2.24, 2.45) is 0 Å². The Morgan fingerprint density at radius 2 is 1.81 bits per heavy atom. The first kappa shape index (κ1) is 18.9. The molecule has 0 saturated carbocycles. The summed E-state index contributed by atoms with van der Waals surface area (Å²) < 4.78 is 0. The smallest absolute Gasteiger partial charge is 0.274 e. The SMILES string of the molecule is Cc1nc(C(=O)Nc2cc(Cl)ccc2C)cc(N(C)Cc2ccccc2)n1. The fraction of sp³-hybridized carbons (Fsp3) is 0.190. The summed E-state index contributed by atoms with van der Waals surface area (Å²) in [4.78, 5) is 23.4. The number of aromatic nitrogens is 2. The lowest BCUT2D eigenvalue weighted by Crippen LogP contribution is -2.21. The van der Waals surface area contributed by atoms with Crippen molar-refractivity contribution in [3.8, 4) is 0 Å². The van der Waals surface area contributed by atoms with Crippen LogP contribution in [0, 0.1) is 13.8 Å². The molecule has 138 valence electrons. The van der Waals surface area contributed by atoms with E-state index in [9.17, 15) is 4.79 Å². The highest BCUT2D eigenvalue weighted by Crippen LogP contribution is 2.21. The number of hydrogen-bond donors (Lipinski definition) is 1. The predicted molar refractivity (Wildman–Crippen MR) is 109 cm³/mol. The predicted octanol–water partition coefficient (Wildman–Crippen LogP) is 4.64. The molecule has 3 rings (SSSR count). The second kappa shape index (κ2) is 8.18. The van der Waals surface area contributed by atoms with Crippen LogP contribution in [-0.4, -0.2) is 22.9 Å². The molecule has 2 aromatic carbocycles. The Balaban J connectivity index is 1.82. The van der Waals surface area contributed by atoms with Crippen LogP contribution in [0.2, 0.25) is 5.02 Å². The summed E-state index contributed by atoms with van der Waals surface area (Å²) in [6, 6.07) is 17.2. The van der Waals surface area contributed by atoms with Crippen LogP contribution in [0.15, 0.2) is 54.6 Å². The number of nitrogens with one attached hydrogen (secondary N) is 1. The number of carbonyl (C=O) groups excluding carboxylic acids is 1. The van der Waals surface area contributed by atoms with Crippen molar-refractivity contribution in [2.45, 2.75) is 20.4 Å². The van der Waals surface area contributed by atoms with Crippen molar-refractivity contribution >= 4 is 29.0 Å². The minimum absolute atomic E-state index is 0.291. The Kier molecular flexibility index (Phi) is 5.72. The lowest BCUT2D eigenvalue weighted by Gasteiger charge is -2.19. The summed E-state index contributed by atoms with van der Waals surface area (Å²) in [5.41, 5.74) is 3.08. The van der Waals surface area contributed by atoms with E-state index >= 15 is 0 Å². The molecule has 0 aliphatic heterocycles. The molecule has 0 atom stereocenters. The van der Waals surface area contributed by atoms with Crippen molar-refractivity contribution in [3.63, 3.8) is 0 Å². The number of anilines is 2. The zero-order valence-electron chi connectivity index (χ0n) is 15.5. The zero-order chi connectivity index (χ0) is 19.4. The molecule has 5 nitrogen and oxygen atoms in total. The number of halogens is 1. The van der Waals surface area contributed by atoms with Gasteiger partial charge in [-0.1, -0.05) is 48.0 Å². The van der Waals surface area contributed by atoms with Crippen molar-refractivity contribution in [1.29, 1.82) is 0 Å². The van der Waals surface area contributed by atoms with Crippen LogP contribution in [0.3, 0.4) is 0 Å². The number of rotatable bonds is 5. The standard InChI is InChI=1S/C21H21ClN4O/c1-14-9-10-17(22)11-18(14)25-21(27)19-12-20(24-15(2)23-19)26(3)13-16-7-5-4-6-8-16/h4-12H,13H2,1-3H3,(H,25,27). The van der Waals surface area contributed by atoms with Gasteiger partial charge in [-0.3, -0.25) is 4.79 Å². The molecular formula is C21H21ClN4O. The van der Waals surface area contributed by atoms with Gasteiger partial charge in [0.25, 0.3) is 5.91 Å². The summed E-state index contributed by atoms with van der Waals surface area (Å²) in [6.45, 7) is 4.38. The van der Waals surface area contributed by atoms with Crippen LogP contribution in [0.5, 0.6) is 0 Å². The average molecular weight is 381 g/mol. The topological polar surface area (TPSA) is 58.1 Å². The highest BCUT2D eigenvalue weighted by molar-refractivity contribution is 6.31. The van der Waals surface area contributed by atoms with Gasteiger partial charge >= 0.3 is 0 Å². The molecule has 0 spiro atoms. The van der Waals surface area contributed by atoms with E-state index in [0.717, 1.165) is 11.1 Å². The number of amides is 1. The molecule has 1 amide bonds. The quantitative estimate of drug-likeness (QED) is 0.700. The third-order valence-corrected chi connectivity index (χ3v) is 4.39. The molecule has 0 aliphatic carbocycles. The maximum absolute atomic E-state index is 12.7. The van der Waals surface area contributed by atoms with Crippen LogP contribution in [0.4, 0.5) is 11.5 Å². The first-order chi connectivity index (χ1) is 12.9. The molecule has 0 unspecified atom stereocenters. The maximum atomic E-state index is 12.7. The Bertz CT molecular complexity index is 960. The Morgan fingerprint density at radius 1 is 1.07 bits per heavy atom. The number of hydrogen-bond acceptors (Lipinski definition) is 4. The Labute approximate surface area is 164 Å². The molecule has 1 N–H and O–H groups in total. The van der Waals surface area contributed by atoms with Crippen LogP contribution >= 0.6 is 11.6 Å². The molecular weight excluding hydrogens is 360 g/mol. The van der Waals surface area contributed by atoms with Gasteiger partial charge in [0.2, 0.25) is 0 Å². The molecule has 3 aromatic rings. The molecule has 0 fully saturated rings. The van der Waals surface area contributed by atoms with E-state index in [0.29, 0.717) is 34.6 Å². The fourth-order valence-corrected chi connectivity index (χ4v) is 2.89. The van der Waals surface area contributed by atoms with Gasteiger partial charge in [0, 0.05) is 30.4 Å². The molecule has 27 heavy (non-hydrogen) atoms. The van der Waals surface area contributed by atoms with Crippen LogP contribution < -0.4 is 10.2 Å². The van der Waals surface area contributed by atoms with E-state index in [-0.39, 0.29) is 5.91 Å². The van der Waals surface area contributed by atoms with Gasteiger partial charge in [0.05, 0.1) is 0 Å². The number of nitrogens with zero attached hydrogens (tertiary/aromatic N) is 3. The lowest BCUT2D eigenvalue weighted by molar-refractivity contribution is 0.102. The first-order valence-electron chi connectivity index (χ1n) is 8.60. The monoisotopic (exact) mass is 380 g/mol. The number of benzene rings is 2. The van der Waals surface area contributed by atoms with E-state index in [4.69, 9.17) is 11.6 Å². The molecule has 0 aliphatic rings.